The highest BCUT2D eigenvalue weighted by Crippen LogP contribution is 2.21. The summed E-state index contributed by atoms with van der Waals surface area (Å²) in [7, 11) is 0. The van der Waals surface area contributed by atoms with E-state index in [2.05, 4.69) is 27.9 Å². The van der Waals surface area contributed by atoms with Crippen LogP contribution in [0.2, 0.25) is 0 Å². The lowest BCUT2D eigenvalue weighted by Gasteiger charge is -2.10. The number of hydrogen-bond acceptors (Lipinski definition) is 2. The largest absolute Gasteiger partial charge is 0.333 e. The summed E-state index contributed by atoms with van der Waals surface area (Å²) in [5.41, 5.74) is 1.71. The van der Waals surface area contributed by atoms with Gasteiger partial charge in [-0.3, -0.25) is 4.79 Å². The first-order chi connectivity index (χ1) is 10.1. The number of anilines is 1. The second kappa shape index (κ2) is 5.69. The van der Waals surface area contributed by atoms with Gasteiger partial charge in [-0.1, -0.05) is 30.3 Å². The molecule has 1 aliphatic heterocycles. The fourth-order valence-electron chi connectivity index (χ4n) is 2.07. The van der Waals surface area contributed by atoms with Crippen LogP contribution in [0.25, 0.3) is 6.08 Å². The summed E-state index contributed by atoms with van der Waals surface area (Å²) in [6.07, 6.45) is 1.68. The normalized spacial score (nSPS) is 16.4. The summed E-state index contributed by atoms with van der Waals surface area (Å²) in [5, 5.41) is 2.61. The van der Waals surface area contributed by atoms with Crippen LogP contribution in [0.3, 0.4) is 0 Å². The minimum absolute atomic E-state index is 0.282. The van der Waals surface area contributed by atoms with Crippen LogP contribution in [0, 0.1) is 3.57 Å². The topological polar surface area (TPSA) is 49.4 Å². The molecule has 4 nitrogen and oxygen atoms in total. The predicted molar refractivity (Wildman–Crippen MR) is 89.6 cm³/mol. The van der Waals surface area contributed by atoms with Gasteiger partial charge in [0.05, 0.1) is 5.69 Å². The third-order valence-corrected chi connectivity index (χ3v) is 3.79. The molecule has 0 atom stereocenters. The number of hydrogen-bond donors (Lipinski definition) is 1. The Morgan fingerprint density at radius 3 is 2.29 bits per heavy atom. The molecule has 3 amide bonds. The van der Waals surface area contributed by atoms with Crippen LogP contribution in [0.5, 0.6) is 0 Å². The predicted octanol–water partition coefficient (Wildman–Crippen LogP) is 3.39. The van der Waals surface area contributed by atoms with Gasteiger partial charge in [-0.25, -0.2) is 9.69 Å². The number of benzene rings is 2. The van der Waals surface area contributed by atoms with E-state index in [4.69, 9.17) is 0 Å². The molecular formula is C16H11IN2O2. The number of halogens is 1. The van der Waals surface area contributed by atoms with E-state index in [0.29, 0.717) is 5.69 Å². The van der Waals surface area contributed by atoms with Gasteiger partial charge < -0.3 is 5.32 Å². The first-order valence-electron chi connectivity index (χ1n) is 6.33. The zero-order valence-corrected chi connectivity index (χ0v) is 13.1. The van der Waals surface area contributed by atoms with Gasteiger partial charge in [-0.05, 0) is 58.5 Å². The number of nitrogens with zero attached hydrogens (tertiary/aromatic N) is 1. The van der Waals surface area contributed by atoms with Gasteiger partial charge in [-0.2, -0.15) is 0 Å². The van der Waals surface area contributed by atoms with Crippen molar-refractivity contribution < 1.29 is 9.59 Å². The Hall–Kier alpha value is -2.15. The summed E-state index contributed by atoms with van der Waals surface area (Å²) in [6, 6.07) is 16.1. The van der Waals surface area contributed by atoms with Gasteiger partial charge in [0.1, 0.15) is 5.70 Å². The Labute approximate surface area is 135 Å². The number of para-hydroxylation sites is 1. The molecule has 104 valence electrons. The summed E-state index contributed by atoms with van der Waals surface area (Å²) in [6.45, 7) is 0. The maximum absolute atomic E-state index is 12.4. The highest BCUT2D eigenvalue weighted by atomic mass is 127. The molecule has 3 rings (SSSR count). The van der Waals surface area contributed by atoms with E-state index in [1.54, 1.807) is 30.3 Å². The highest BCUT2D eigenvalue weighted by molar-refractivity contribution is 14.1. The summed E-state index contributed by atoms with van der Waals surface area (Å²) >= 11 is 2.21. The van der Waals surface area contributed by atoms with Crippen molar-refractivity contribution in [2.45, 2.75) is 0 Å². The zero-order valence-electron chi connectivity index (χ0n) is 10.9. The van der Waals surface area contributed by atoms with E-state index < -0.39 is 6.03 Å². The van der Waals surface area contributed by atoms with Gasteiger partial charge in [0.2, 0.25) is 0 Å². The Bertz CT molecular complexity index is 724. The molecule has 1 N–H and O–H groups in total. The molecule has 2 aromatic rings. The molecule has 1 fully saturated rings. The molecule has 5 heteroatoms. The van der Waals surface area contributed by atoms with Crippen LogP contribution in [0.1, 0.15) is 5.56 Å². The molecule has 1 aliphatic rings. The van der Waals surface area contributed by atoms with Crippen molar-refractivity contribution in [1.29, 1.82) is 0 Å². The zero-order chi connectivity index (χ0) is 14.8. The van der Waals surface area contributed by atoms with Crippen molar-refractivity contribution in [1.82, 2.24) is 5.32 Å². The van der Waals surface area contributed by atoms with E-state index in [1.165, 1.54) is 0 Å². The summed E-state index contributed by atoms with van der Waals surface area (Å²) in [4.78, 5) is 25.5. The minimum Gasteiger partial charge on any atom is -0.302 e. The number of nitrogens with one attached hydrogen (secondary N) is 1. The van der Waals surface area contributed by atoms with Crippen LogP contribution in [0.4, 0.5) is 10.5 Å². The first-order valence-corrected chi connectivity index (χ1v) is 7.41. The second-order valence-electron chi connectivity index (χ2n) is 4.52. The maximum atomic E-state index is 12.4. The number of carbonyl (C=O) groups is 2. The average Bonchev–Trinajstić information content (AvgIpc) is 2.77. The Morgan fingerprint density at radius 2 is 1.62 bits per heavy atom. The van der Waals surface area contributed by atoms with E-state index in [9.17, 15) is 9.59 Å². The van der Waals surface area contributed by atoms with E-state index >= 15 is 0 Å². The quantitative estimate of drug-likeness (QED) is 0.486. The Kier molecular flexibility index (Phi) is 3.74. The number of carbonyl (C=O) groups excluding carboxylic acids is 2. The van der Waals surface area contributed by atoms with Gasteiger partial charge in [0.25, 0.3) is 5.91 Å². The summed E-state index contributed by atoms with van der Waals surface area (Å²) < 4.78 is 1.11. The maximum Gasteiger partial charge on any atom is 0.333 e. The SMILES string of the molecule is O=C1NC(=Cc2ccc(I)cc2)C(=O)N1c1ccccc1. The monoisotopic (exact) mass is 390 g/mol. The highest BCUT2D eigenvalue weighted by Gasteiger charge is 2.34. The smallest absolute Gasteiger partial charge is 0.302 e. The molecule has 1 heterocycles. The third kappa shape index (κ3) is 2.82. The number of rotatable bonds is 2. The molecule has 0 spiro atoms. The standard InChI is InChI=1S/C16H11IN2O2/c17-12-8-6-11(7-9-12)10-14-15(20)19(16(21)18-14)13-4-2-1-3-5-13/h1-10H,(H,18,21). The molecule has 0 saturated carbocycles. The molecule has 0 aliphatic carbocycles. The molecule has 21 heavy (non-hydrogen) atoms. The van der Waals surface area contributed by atoms with E-state index in [-0.39, 0.29) is 11.6 Å². The molecule has 0 radical (unpaired) electrons. The van der Waals surface area contributed by atoms with Gasteiger partial charge in [0, 0.05) is 3.57 Å². The lowest BCUT2D eigenvalue weighted by molar-refractivity contribution is -0.113. The Morgan fingerprint density at radius 1 is 0.952 bits per heavy atom. The Balaban J connectivity index is 1.92. The van der Waals surface area contributed by atoms with Crippen molar-refractivity contribution in [2.75, 3.05) is 4.90 Å². The van der Waals surface area contributed by atoms with Gasteiger partial charge in [-0.15, -0.1) is 0 Å². The van der Waals surface area contributed by atoms with Crippen molar-refractivity contribution >= 4 is 46.3 Å². The number of imide groups is 1. The van der Waals surface area contributed by atoms with Crippen LogP contribution < -0.4 is 10.2 Å². The van der Waals surface area contributed by atoms with E-state index in [1.807, 2.05) is 30.3 Å². The van der Waals surface area contributed by atoms with Crippen molar-refractivity contribution in [3.05, 3.63) is 69.4 Å². The van der Waals surface area contributed by atoms with Crippen molar-refractivity contribution in [2.24, 2.45) is 0 Å². The molecular weight excluding hydrogens is 379 g/mol. The first kappa shape index (κ1) is 13.8. The number of urea groups is 1. The van der Waals surface area contributed by atoms with Crippen LogP contribution in [0.15, 0.2) is 60.3 Å². The second-order valence-corrected chi connectivity index (χ2v) is 5.76. The minimum atomic E-state index is -0.428. The summed E-state index contributed by atoms with van der Waals surface area (Å²) in [5.74, 6) is -0.343. The van der Waals surface area contributed by atoms with Gasteiger partial charge in [0.15, 0.2) is 0 Å². The third-order valence-electron chi connectivity index (χ3n) is 3.07. The van der Waals surface area contributed by atoms with Crippen LogP contribution in [-0.2, 0) is 4.79 Å². The van der Waals surface area contributed by atoms with Gasteiger partial charge >= 0.3 is 6.03 Å². The molecule has 0 unspecified atom stereocenters. The lowest BCUT2D eigenvalue weighted by Crippen LogP contribution is -2.30. The fraction of sp³-hybridized carbons (Fsp3) is 0. The molecule has 0 bridgehead atoms. The fourth-order valence-corrected chi connectivity index (χ4v) is 2.43. The number of amides is 3. The molecule has 2 aromatic carbocycles. The lowest BCUT2D eigenvalue weighted by atomic mass is 10.2. The molecule has 0 aromatic heterocycles. The average molecular weight is 390 g/mol. The van der Waals surface area contributed by atoms with Crippen molar-refractivity contribution in [3.8, 4) is 0 Å². The van der Waals surface area contributed by atoms with Crippen LogP contribution in [-0.4, -0.2) is 11.9 Å². The molecule has 1 saturated heterocycles. The van der Waals surface area contributed by atoms with Crippen LogP contribution >= 0.6 is 22.6 Å². The van der Waals surface area contributed by atoms with Crippen molar-refractivity contribution in [3.63, 3.8) is 0 Å². The van der Waals surface area contributed by atoms with E-state index in [0.717, 1.165) is 14.0 Å².